The van der Waals surface area contributed by atoms with Gasteiger partial charge >= 0.3 is 11.9 Å². The van der Waals surface area contributed by atoms with Gasteiger partial charge in [0.1, 0.15) is 0 Å². The zero-order valence-electron chi connectivity index (χ0n) is 15.2. The van der Waals surface area contributed by atoms with E-state index in [1.807, 2.05) is 6.92 Å². The molecule has 0 heterocycles. The molecule has 134 valence electrons. The Bertz CT molecular complexity index is 510. The van der Waals surface area contributed by atoms with Crippen molar-refractivity contribution in [1.29, 1.82) is 0 Å². The maximum absolute atomic E-state index is 12.4. The number of esters is 2. The summed E-state index contributed by atoms with van der Waals surface area (Å²) in [5.41, 5.74) is 0.560. The Balaban J connectivity index is 2.68. The third kappa shape index (κ3) is 6.73. The molecule has 0 fully saturated rings. The van der Waals surface area contributed by atoms with Crippen molar-refractivity contribution in [3.63, 3.8) is 0 Å². The first-order chi connectivity index (χ1) is 11.6. The minimum absolute atomic E-state index is 0.278. The van der Waals surface area contributed by atoms with Gasteiger partial charge < -0.3 is 9.47 Å². The molecule has 0 aliphatic rings. The van der Waals surface area contributed by atoms with Gasteiger partial charge in [0.15, 0.2) is 0 Å². The van der Waals surface area contributed by atoms with Gasteiger partial charge in [0.25, 0.3) is 0 Å². The monoisotopic (exact) mass is 334 g/mol. The summed E-state index contributed by atoms with van der Waals surface area (Å²) in [6, 6.07) is 6.68. The highest BCUT2D eigenvalue weighted by atomic mass is 16.5. The van der Waals surface area contributed by atoms with Crippen molar-refractivity contribution in [3.8, 4) is 0 Å². The summed E-state index contributed by atoms with van der Waals surface area (Å²) < 4.78 is 10.7. The molecule has 24 heavy (non-hydrogen) atoms. The van der Waals surface area contributed by atoms with E-state index >= 15 is 0 Å². The lowest BCUT2D eigenvalue weighted by molar-refractivity contribution is 0.0405. The fourth-order valence-electron chi connectivity index (χ4n) is 2.40. The molecule has 0 spiro atoms. The lowest BCUT2D eigenvalue weighted by Gasteiger charge is -2.15. The molecule has 1 rings (SSSR count). The van der Waals surface area contributed by atoms with Crippen LogP contribution in [0.15, 0.2) is 24.3 Å². The third-order valence-electron chi connectivity index (χ3n) is 4.09. The lowest BCUT2D eigenvalue weighted by Crippen LogP contribution is -2.17. The highest BCUT2D eigenvalue weighted by Gasteiger charge is 2.19. The normalized spacial score (nSPS) is 11.8. The Morgan fingerprint density at radius 1 is 0.917 bits per heavy atom. The molecule has 4 nitrogen and oxygen atoms in total. The van der Waals surface area contributed by atoms with E-state index in [1.165, 1.54) is 0 Å². The predicted molar refractivity (Wildman–Crippen MR) is 95.2 cm³/mol. The van der Waals surface area contributed by atoms with E-state index in [2.05, 4.69) is 13.8 Å². The zero-order valence-corrected chi connectivity index (χ0v) is 15.2. The van der Waals surface area contributed by atoms with E-state index in [0.29, 0.717) is 19.1 Å². The average molecular weight is 334 g/mol. The highest BCUT2D eigenvalue weighted by Crippen LogP contribution is 2.16. The van der Waals surface area contributed by atoms with Gasteiger partial charge in [-0.2, -0.15) is 0 Å². The fraction of sp³-hybridized carbons (Fsp3) is 0.600. The maximum atomic E-state index is 12.4. The first kappa shape index (κ1) is 20.2. The van der Waals surface area contributed by atoms with Crippen molar-refractivity contribution in [2.24, 2.45) is 5.92 Å². The summed E-state index contributed by atoms with van der Waals surface area (Å²) in [5.74, 6) is -0.542. The number of rotatable bonds is 11. The molecule has 0 bridgehead atoms. The fourth-order valence-corrected chi connectivity index (χ4v) is 2.40. The van der Waals surface area contributed by atoms with Crippen LogP contribution in [0, 0.1) is 5.92 Å². The molecule has 0 aliphatic carbocycles. The number of ether oxygens (including phenoxy) is 2. The first-order valence-electron chi connectivity index (χ1n) is 9.07. The van der Waals surface area contributed by atoms with E-state index in [1.54, 1.807) is 24.3 Å². The van der Waals surface area contributed by atoms with Gasteiger partial charge in [-0.1, -0.05) is 58.6 Å². The topological polar surface area (TPSA) is 52.6 Å². The van der Waals surface area contributed by atoms with E-state index in [0.717, 1.165) is 38.5 Å². The first-order valence-corrected chi connectivity index (χ1v) is 9.07. The van der Waals surface area contributed by atoms with Crippen LogP contribution >= 0.6 is 0 Å². The van der Waals surface area contributed by atoms with Crippen LogP contribution in [0.5, 0.6) is 0 Å². The number of unbranched alkanes of at least 4 members (excludes halogenated alkanes) is 2. The molecule has 1 atom stereocenters. The zero-order chi connectivity index (χ0) is 17.8. The minimum Gasteiger partial charge on any atom is -0.462 e. The summed E-state index contributed by atoms with van der Waals surface area (Å²) in [6.07, 6.45) is 6.07. The van der Waals surface area contributed by atoms with E-state index < -0.39 is 11.9 Å². The van der Waals surface area contributed by atoms with Gasteiger partial charge in [-0.15, -0.1) is 0 Å². The van der Waals surface area contributed by atoms with Crippen molar-refractivity contribution in [3.05, 3.63) is 35.4 Å². The number of carbonyl (C=O) groups is 2. The molecule has 0 unspecified atom stereocenters. The summed E-state index contributed by atoms with van der Waals surface area (Å²) >= 11 is 0. The second-order valence-corrected chi connectivity index (χ2v) is 6.05. The van der Waals surface area contributed by atoms with Crippen LogP contribution in [0.4, 0.5) is 0 Å². The van der Waals surface area contributed by atoms with Crippen molar-refractivity contribution in [1.82, 2.24) is 0 Å². The minimum atomic E-state index is -0.464. The van der Waals surface area contributed by atoms with Crippen LogP contribution in [-0.2, 0) is 9.47 Å². The van der Waals surface area contributed by atoms with Crippen molar-refractivity contribution >= 4 is 11.9 Å². The van der Waals surface area contributed by atoms with Crippen LogP contribution < -0.4 is 0 Å². The molecule has 1 aromatic rings. The van der Waals surface area contributed by atoms with Crippen LogP contribution in [-0.4, -0.2) is 25.2 Å². The molecule has 0 aromatic heterocycles. The summed E-state index contributed by atoms with van der Waals surface area (Å²) in [6.45, 7) is 7.05. The second kappa shape index (κ2) is 11.7. The van der Waals surface area contributed by atoms with Crippen LogP contribution in [0.25, 0.3) is 0 Å². The number of hydrogen-bond donors (Lipinski definition) is 0. The molecule has 4 heteroatoms. The third-order valence-corrected chi connectivity index (χ3v) is 4.09. The highest BCUT2D eigenvalue weighted by molar-refractivity contribution is 6.03. The summed E-state index contributed by atoms with van der Waals surface area (Å²) in [5, 5.41) is 0. The van der Waals surface area contributed by atoms with E-state index in [4.69, 9.17) is 9.47 Å². The van der Waals surface area contributed by atoms with Gasteiger partial charge in [0, 0.05) is 0 Å². The maximum Gasteiger partial charge on any atom is 0.339 e. The molecule has 1 aromatic carbocycles. The van der Waals surface area contributed by atoms with Gasteiger partial charge in [-0.3, -0.25) is 0 Å². The van der Waals surface area contributed by atoms with Crippen LogP contribution in [0.1, 0.15) is 80.0 Å². The quantitative estimate of drug-likeness (QED) is 0.421. The molecule has 0 saturated heterocycles. The molecular formula is C20H30O4. The smallest absolute Gasteiger partial charge is 0.339 e. The number of hydrogen-bond acceptors (Lipinski definition) is 4. The number of benzene rings is 1. The predicted octanol–water partition coefficient (Wildman–Crippen LogP) is 5.02. The molecule has 0 amide bonds. The van der Waals surface area contributed by atoms with Gasteiger partial charge in [-0.05, 0) is 30.9 Å². The summed E-state index contributed by atoms with van der Waals surface area (Å²) in [7, 11) is 0. The Morgan fingerprint density at radius 3 is 2.04 bits per heavy atom. The Hall–Kier alpha value is -1.84. The van der Waals surface area contributed by atoms with Gasteiger partial charge in [-0.25, -0.2) is 9.59 Å². The van der Waals surface area contributed by atoms with Crippen molar-refractivity contribution < 1.29 is 19.1 Å². The molecule has 0 radical (unpaired) electrons. The SMILES string of the molecule is CCCCOC(=O)c1ccccc1C(=O)OC[C@@H](CC)CCCC. The van der Waals surface area contributed by atoms with Crippen LogP contribution in [0.3, 0.4) is 0 Å². The Labute approximate surface area is 145 Å². The number of carbonyl (C=O) groups excluding carboxylic acids is 2. The second-order valence-electron chi connectivity index (χ2n) is 6.05. The van der Waals surface area contributed by atoms with Gasteiger partial charge in [0.2, 0.25) is 0 Å². The molecule has 0 N–H and O–H groups in total. The standard InChI is InChI=1S/C20H30O4/c1-4-7-11-16(6-3)15-24-20(22)18-13-10-9-12-17(18)19(21)23-14-8-5-2/h9-10,12-13,16H,4-8,11,14-15H2,1-3H3/t16-/m0/s1. The lowest BCUT2D eigenvalue weighted by atomic mass is 10.0. The van der Waals surface area contributed by atoms with Gasteiger partial charge in [0.05, 0.1) is 24.3 Å². The van der Waals surface area contributed by atoms with Crippen LogP contribution in [0.2, 0.25) is 0 Å². The van der Waals surface area contributed by atoms with Crippen molar-refractivity contribution in [2.45, 2.75) is 59.3 Å². The van der Waals surface area contributed by atoms with Crippen molar-refractivity contribution in [2.75, 3.05) is 13.2 Å². The Morgan fingerprint density at radius 2 is 1.50 bits per heavy atom. The van der Waals surface area contributed by atoms with E-state index in [9.17, 15) is 9.59 Å². The molecule has 0 saturated carbocycles. The summed E-state index contributed by atoms with van der Waals surface area (Å²) in [4.78, 5) is 24.5. The average Bonchev–Trinajstić information content (AvgIpc) is 2.61. The Kier molecular flexibility index (Phi) is 9.81. The van der Waals surface area contributed by atoms with E-state index in [-0.39, 0.29) is 11.1 Å². The molecule has 0 aliphatic heterocycles. The largest absolute Gasteiger partial charge is 0.462 e. The molecular weight excluding hydrogens is 304 g/mol.